The summed E-state index contributed by atoms with van der Waals surface area (Å²) in [6, 6.07) is 3.97. The molecule has 0 bridgehead atoms. The summed E-state index contributed by atoms with van der Waals surface area (Å²) >= 11 is 0. The number of nitrogens with two attached hydrogens (primary N) is 1. The Kier molecular flexibility index (Phi) is 4.48. The van der Waals surface area contributed by atoms with E-state index in [1.807, 2.05) is 0 Å². The highest BCUT2D eigenvalue weighted by Gasteiger charge is 2.37. The molecule has 3 heteroatoms. The monoisotopic (exact) mass is 281 g/mol. The van der Waals surface area contributed by atoms with Crippen LogP contribution in [0.1, 0.15) is 45.6 Å². The van der Waals surface area contributed by atoms with E-state index >= 15 is 0 Å². The Morgan fingerprint density at radius 3 is 2.30 bits per heavy atom. The van der Waals surface area contributed by atoms with Crippen molar-refractivity contribution in [1.29, 1.82) is 0 Å². The van der Waals surface area contributed by atoms with Crippen LogP contribution < -0.4 is 5.73 Å². The SMILES string of the molecule is CC1CCC(C(C)(C)Cc2cc(F)cc(F)c2)C(N)C1. The average molecular weight is 281 g/mol. The van der Waals surface area contributed by atoms with E-state index in [-0.39, 0.29) is 11.5 Å². The van der Waals surface area contributed by atoms with Crippen LogP contribution in [0.15, 0.2) is 18.2 Å². The van der Waals surface area contributed by atoms with Crippen molar-refractivity contribution in [3.63, 3.8) is 0 Å². The Morgan fingerprint density at radius 2 is 1.75 bits per heavy atom. The van der Waals surface area contributed by atoms with Crippen molar-refractivity contribution in [1.82, 2.24) is 0 Å². The Bertz CT molecular complexity index is 450. The fourth-order valence-corrected chi connectivity index (χ4v) is 3.77. The summed E-state index contributed by atoms with van der Waals surface area (Å²) in [6.45, 7) is 6.57. The van der Waals surface area contributed by atoms with E-state index in [4.69, 9.17) is 5.73 Å². The van der Waals surface area contributed by atoms with Crippen LogP contribution in [0.4, 0.5) is 8.78 Å². The summed E-state index contributed by atoms with van der Waals surface area (Å²) in [4.78, 5) is 0. The summed E-state index contributed by atoms with van der Waals surface area (Å²) in [5, 5.41) is 0. The minimum atomic E-state index is -0.502. The Labute approximate surface area is 120 Å². The molecule has 2 N–H and O–H groups in total. The highest BCUT2D eigenvalue weighted by atomic mass is 19.1. The number of halogens is 2. The van der Waals surface area contributed by atoms with Gasteiger partial charge < -0.3 is 5.73 Å². The average Bonchev–Trinajstić information content (AvgIpc) is 2.25. The summed E-state index contributed by atoms with van der Waals surface area (Å²) in [5.74, 6) is 0.0865. The predicted octanol–water partition coefficient (Wildman–Crippen LogP) is 4.30. The molecule has 3 unspecified atom stereocenters. The zero-order chi connectivity index (χ0) is 14.9. The van der Waals surface area contributed by atoms with Crippen LogP contribution in [-0.2, 0) is 6.42 Å². The lowest BCUT2D eigenvalue weighted by Crippen LogP contribution is -2.44. The molecule has 0 radical (unpaired) electrons. The van der Waals surface area contributed by atoms with Crippen LogP contribution in [0.2, 0.25) is 0 Å². The standard InChI is InChI=1S/C17H25F2N/c1-11-4-5-15(16(20)6-11)17(2,3)10-12-7-13(18)9-14(19)8-12/h7-9,11,15-16H,4-6,10,20H2,1-3H3. The number of hydrogen-bond donors (Lipinski definition) is 1. The van der Waals surface area contributed by atoms with Gasteiger partial charge in [0.1, 0.15) is 11.6 Å². The minimum absolute atomic E-state index is 0.0419. The van der Waals surface area contributed by atoms with Gasteiger partial charge in [0.25, 0.3) is 0 Å². The largest absolute Gasteiger partial charge is 0.327 e. The molecule has 0 spiro atoms. The van der Waals surface area contributed by atoms with Gasteiger partial charge >= 0.3 is 0 Å². The molecule has 1 aliphatic rings. The third kappa shape index (κ3) is 3.57. The van der Waals surface area contributed by atoms with E-state index in [1.165, 1.54) is 18.6 Å². The Balaban J connectivity index is 2.13. The van der Waals surface area contributed by atoms with Crippen molar-refractivity contribution in [2.45, 2.75) is 52.5 Å². The minimum Gasteiger partial charge on any atom is -0.327 e. The summed E-state index contributed by atoms with van der Waals surface area (Å²) < 4.78 is 26.6. The first-order valence-corrected chi connectivity index (χ1v) is 7.48. The highest BCUT2D eigenvalue weighted by molar-refractivity contribution is 5.19. The first-order valence-electron chi connectivity index (χ1n) is 7.48. The van der Waals surface area contributed by atoms with E-state index in [1.54, 1.807) is 0 Å². The topological polar surface area (TPSA) is 26.0 Å². The molecule has 20 heavy (non-hydrogen) atoms. The maximum absolute atomic E-state index is 13.3. The van der Waals surface area contributed by atoms with Crippen LogP contribution in [0, 0.1) is 28.9 Å². The predicted molar refractivity (Wildman–Crippen MR) is 78.3 cm³/mol. The molecule has 0 amide bonds. The molecule has 112 valence electrons. The van der Waals surface area contributed by atoms with Gasteiger partial charge in [0, 0.05) is 12.1 Å². The molecule has 0 saturated heterocycles. The van der Waals surface area contributed by atoms with Gasteiger partial charge in [0.15, 0.2) is 0 Å². The van der Waals surface area contributed by atoms with Crippen LogP contribution in [-0.4, -0.2) is 6.04 Å². The molecule has 0 aromatic heterocycles. The van der Waals surface area contributed by atoms with Crippen LogP contribution >= 0.6 is 0 Å². The molecular formula is C17H25F2N. The van der Waals surface area contributed by atoms with Crippen molar-refractivity contribution in [3.8, 4) is 0 Å². The van der Waals surface area contributed by atoms with E-state index in [0.29, 0.717) is 18.3 Å². The molecule has 0 heterocycles. The third-order valence-electron chi connectivity index (χ3n) is 4.75. The van der Waals surface area contributed by atoms with Crippen molar-refractivity contribution in [3.05, 3.63) is 35.4 Å². The quantitative estimate of drug-likeness (QED) is 0.878. The summed E-state index contributed by atoms with van der Waals surface area (Å²) in [6.07, 6.45) is 4.01. The lowest BCUT2D eigenvalue weighted by molar-refractivity contribution is 0.113. The lowest BCUT2D eigenvalue weighted by Gasteiger charge is -2.43. The molecule has 1 aromatic rings. The molecule has 1 aliphatic carbocycles. The van der Waals surface area contributed by atoms with Gasteiger partial charge in [0.05, 0.1) is 0 Å². The molecule has 0 aliphatic heterocycles. The molecule has 1 saturated carbocycles. The van der Waals surface area contributed by atoms with Crippen LogP contribution in [0.25, 0.3) is 0 Å². The number of rotatable bonds is 3. The van der Waals surface area contributed by atoms with Crippen molar-refractivity contribution in [2.24, 2.45) is 23.0 Å². The van der Waals surface area contributed by atoms with E-state index in [9.17, 15) is 8.78 Å². The summed E-state index contributed by atoms with van der Waals surface area (Å²) in [7, 11) is 0. The zero-order valence-electron chi connectivity index (χ0n) is 12.6. The first kappa shape index (κ1) is 15.4. The van der Waals surface area contributed by atoms with Crippen molar-refractivity contribution < 1.29 is 8.78 Å². The van der Waals surface area contributed by atoms with Gasteiger partial charge in [-0.15, -0.1) is 0 Å². The first-order chi connectivity index (χ1) is 9.28. The van der Waals surface area contributed by atoms with Gasteiger partial charge in [-0.1, -0.05) is 27.2 Å². The summed E-state index contributed by atoms with van der Waals surface area (Å²) in [5.41, 5.74) is 7.00. The van der Waals surface area contributed by atoms with Crippen molar-refractivity contribution >= 4 is 0 Å². The molecule has 1 aromatic carbocycles. The van der Waals surface area contributed by atoms with Gasteiger partial charge in [-0.2, -0.15) is 0 Å². The van der Waals surface area contributed by atoms with E-state index < -0.39 is 11.6 Å². The smallest absolute Gasteiger partial charge is 0.126 e. The van der Waals surface area contributed by atoms with Gasteiger partial charge in [-0.3, -0.25) is 0 Å². The zero-order valence-corrected chi connectivity index (χ0v) is 12.6. The Morgan fingerprint density at radius 1 is 1.15 bits per heavy atom. The number of hydrogen-bond acceptors (Lipinski definition) is 1. The second-order valence-corrected chi connectivity index (χ2v) is 7.13. The van der Waals surface area contributed by atoms with Crippen molar-refractivity contribution in [2.75, 3.05) is 0 Å². The molecule has 3 atom stereocenters. The molecular weight excluding hydrogens is 256 g/mol. The van der Waals surface area contributed by atoms with Gasteiger partial charge in [-0.25, -0.2) is 8.78 Å². The Hall–Kier alpha value is -0.960. The normalized spacial score (nSPS) is 27.6. The second-order valence-electron chi connectivity index (χ2n) is 7.13. The van der Waals surface area contributed by atoms with Gasteiger partial charge in [-0.05, 0) is 54.2 Å². The molecule has 2 rings (SSSR count). The highest BCUT2D eigenvalue weighted by Crippen LogP contribution is 2.41. The van der Waals surface area contributed by atoms with Gasteiger partial charge in [0.2, 0.25) is 0 Å². The van der Waals surface area contributed by atoms with Crippen LogP contribution in [0.5, 0.6) is 0 Å². The van der Waals surface area contributed by atoms with Crippen LogP contribution in [0.3, 0.4) is 0 Å². The second kappa shape index (κ2) is 5.80. The van der Waals surface area contributed by atoms with E-state index in [2.05, 4.69) is 20.8 Å². The lowest BCUT2D eigenvalue weighted by atomic mass is 9.64. The third-order valence-corrected chi connectivity index (χ3v) is 4.75. The van der Waals surface area contributed by atoms with E-state index in [0.717, 1.165) is 24.5 Å². The fraction of sp³-hybridized carbons (Fsp3) is 0.647. The number of benzene rings is 1. The molecule has 1 fully saturated rings. The maximum atomic E-state index is 13.3. The fourth-order valence-electron chi connectivity index (χ4n) is 3.77. The molecule has 1 nitrogen and oxygen atoms in total. The maximum Gasteiger partial charge on any atom is 0.126 e.